The van der Waals surface area contributed by atoms with Crippen LogP contribution in [0.4, 0.5) is 13.2 Å². The van der Waals surface area contributed by atoms with Crippen LogP contribution >= 0.6 is 0 Å². The number of nitrogens with one attached hydrogen (secondary N) is 1. The van der Waals surface area contributed by atoms with E-state index >= 15 is 0 Å². The first-order valence-electron chi connectivity index (χ1n) is 6.72. The van der Waals surface area contributed by atoms with E-state index in [1.54, 1.807) is 0 Å². The van der Waals surface area contributed by atoms with Gasteiger partial charge in [-0.05, 0) is 19.1 Å². The van der Waals surface area contributed by atoms with E-state index in [0.29, 0.717) is 38.4 Å². The van der Waals surface area contributed by atoms with Gasteiger partial charge < -0.3 is 15.0 Å². The number of rotatable bonds is 3. The van der Waals surface area contributed by atoms with Gasteiger partial charge in [0, 0.05) is 13.1 Å². The molecular weight excluding hydrogens is 301 g/mol. The smallest absolute Gasteiger partial charge is 0.258 e. The molecule has 22 heavy (non-hydrogen) atoms. The fraction of sp³-hybridized carbons (Fsp3) is 0.429. The maximum Gasteiger partial charge on any atom is 0.258 e. The molecule has 1 atom stereocenters. The van der Waals surface area contributed by atoms with Gasteiger partial charge in [0.2, 0.25) is 5.91 Å². The van der Waals surface area contributed by atoms with Crippen molar-refractivity contribution in [2.24, 2.45) is 0 Å². The molecule has 0 bridgehead atoms. The molecule has 1 heterocycles. The third kappa shape index (κ3) is 3.38. The molecule has 0 aromatic heterocycles. The fourth-order valence-electron chi connectivity index (χ4n) is 2.12. The predicted molar refractivity (Wildman–Crippen MR) is 70.6 cm³/mol. The van der Waals surface area contributed by atoms with Crippen molar-refractivity contribution in [2.45, 2.75) is 13.0 Å². The Labute approximate surface area is 125 Å². The van der Waals surface area contributed by atoms with Crippen molar-refractivity contribution >= 4 is 11.8 Å². The van der Waals surface area contributed by atoms with E-state index in [2.05, 4.69) is 5.32 Å². The Morgan fingerprint density at radius 2 is 1.77 bits per heavy atom. The number of halogens is 3. The lowest BCUT2D eigenvalue weighted by molar-refractivity contribution is -0.136. The zero-order chi connectivity index (χ0) is 16.3. The molecule has 1 aliphatic heterocycles. The number of carbonyl (C=O) groups is 2. The molecule has 1 aromatic rings. The van der Waals surface area contributed by atoms with Gasteiger partial charge in [-0.2, -0.15) is 0 Å². The van der Waals surface area contributed by atoms with Gasteiger partial charge >= 0.3 is 0 Å². The summed E-state index contributed by atoms with van der Waals surface area (Å²) in [5, 5.41) is 2.18. The summed E-state index contributed by atoms with van der Waals surface area (Å²) in [5.41, 5.74) is -1.04. The van der Waals surface area contributed by atoms with E-state index in [1.165, 1.54) is 11.8 Å². The first-order valence-corrected chi connectivity index (χ1v) is 6.72. The second-order valence-electron chi connectivity index (χ2n) is 4.85. The van der Waals surface area contributed by atoms with Crippen molar-refractivity contribution in [1.82, 2.24) is 10.2 Å². The van der Waals surface area contributed by atoms with Gasteiger partial charge in [0.15, 0.2) is 11.6 Å². The van der Waals surface area contributed by atoms with Crippen LogP contribution in [0.15, 0.2) is 12.1 Å². The molecule has 0 saturated carbocycles. The first-order chi connectivity index (χ1) is 10.4. The molecule has 1 N–H and O–H groups in total. The molecule has 0 radical (unpaired) electrons. The van der Waals surface area contributed by atoms with E-state index in [0.717, 1.165) is 0 Å². The highest BCUT2D eigenvalue weighted by Crippen LogP contribution is 2.16. The summed E-state index contributed by atoms with van der Waals surface area (Å²) in [6, 6.07) is 0.249. The van der Waals surface area contributed by atoms with Crippen LogP contribution in [-0.4, -0.2) is 49.1 Å². The van der Waals surface area contributed by atoms with E-state index in [-0.39, 0.29) is 0 Å². The number of morpholine rings is 1. The molecule has 1 aliphatic rings. The molecular formula is C14H15F3N2O3. The van der Waals surface area contributed by atoms with Crippen LogP contribution in [0, 0.1) is 17.5 Å². The molecule has 0 aliphatic carbocycles. The van der Waals surface area contributed by atoms with E-state index in [1.807, 2.05) is 0 Å². The maximum absolute atomic E-state index is 13.5. The maximum atomic E-state index is 13.5. The average molecular weight is 316 g/mol. The number of nitrogens with zero attached hydrogens (tertiary/aromatic N) is 1. The minimum absolute atomic E-state index is 0.377. The highest BCUT2D eigenvalue weighted by molar-refractivity contribution is 5.97. The van der Waals surface area contributed by atoms with Crippen molar-refractivity contribution in [2.75, 3.05) is 26.3 Å². The zero-order valence-corrected chi connectivity index (χ0v) is 11.9. The number of amides is 2. The molecule has 0 unspecified atom stereocenters. The minimum Gasteiger partial charge on any atom is -0.378 e. The number of carbonyl (C=O) groups excluding carboxylic acids is 2. The Hall–Kier alpha value is -2.09. The zero-order valence-electron chi connectivity index (χ0n) is 11.9. The van der Waals surface area contributed by atoms with Gasteiger partial charge in [0.1, 0.15) is 17.4 Å². The summed E-state index contributed by atoms with van der Waals surface area (Å²) in [5.74, 6) is -5.68. The third-order valence-corrected chi connectivity index (χ3v) is 3.31. The standard InChI is InChI=1S/C14H15F3N2O3/c1-8(14(21)19-4-6-22-7-5-19)18-13(20)11-9(15)2-3-10(16)12(11)17/h2-3,8H,4-7H2,1H3,(H,18,20)/t8-/m0/s1. The predicted octanol–water partition coefficient (Wildman–Crippen LogP) is 1.08. The molecule has 1 fully saturated rings. The average Bonchev–Trinajstić information content (AvgIpc) is 2.51. The Bertz CT molecular complexity index is 589. The van der Waals surface area contributed by atoms with E-state index in [9.17, 15) is 22.8 Å². The second kappa shape index (κ2) is 6.78. The SMILES string of the molecule is C[C@H](NC(=O)c1c(F)ccc(F)c1F)C(=O)N1CCOCC1. The quantitative estimate of drug-likeness (QED) is 0.849. The van der Waals surface area contributed by atoms with Crippen LogP contribution in [-0.2, 0) is 9.53 Å². The van der Waals surface area contributed by atoms with Crippen molar-refractivity contribution in [3.63, 3.8) is 0 Å². The van der Waals surface area contributed by atoms with Crippen LogP contribution in [0.25, 0.3) is 0 Å². The van der Waals surface area contributed by atoms with Crippen molar-refractivity contribution in [3.8, 4) is 0 Å². The highest BCUT2D eigenvalue weighted by atomic mass is 19.2. The Morgan fingerprint density at radius 3 is 2.41 bits per heavy atom. The largest absolute Gasteiger partial charge is 0.378 e. The number of ether oxygens (including phenoxy) is 1. The number of hydrogen-bond acceptors (Lipinski definition) is 3. The van der Waals surface area contributed by atoms with Crippen molar-refractivity contribution in [3.05, 3.63) is 35.1 Å². The number of hydrogen-bond donors (Lipinski definition) is 1. The summed E-state index contributed by atoms with van der Waals surface area (Å²) >= 11 is 0. The van der Waals surface area contributed by atoms with Crippen molar-refractivity contribution in [1.29, 1.82) is 0 Å². The van der Waals surface area contributed by atoms with Gasteiger partial charge in [-0.25, -0.2) is 13.2 Å². The Morgan fingerprint density at radius 1 is 1.18 bits per heavy atom. The molecule has 1 saturated heterocycles. The van der Waals surface area contributed by atoms with Crippen LogP contribution in [0.2, 0.25) is 0 Å². The molecule has 1 aromatic carbocycles. The van der Waals surface area contributed by atoms with Crippen LogP contribution < -0.4 is 5.32 Å². The van der Waals surface area contributed by atoms with Gasteiger partial charge in [0.25, 0.3) is 5.91 Å². The lowest BCUT2D eigenvalue weighted by Gasteiger charge is -2.29. The lowest BCUT2D eigenvalue weighted by atomic mass is 10.1. The van der Waals surface area contributed by atoms with Crippen LogP contribution in [0.3, 0.4) is 0 Å². The molecule has 120 valence electrons. The van der Waals surface area contributed by atoms with Crippen LogP contribution in [0.5, 0.6) is 0 Å². The summed E-state index contributed by atoms with van der Waals surface area (Å²) in [4.78, 5) is 25.5. The summed E-state index contributed by atoms with van der Waals surface area (Å²) in [7, 11) is 0. The molecule has 2 rings (SSSR count). The van der Waals surface area contributed by atoms with E-state index < -0.39 is 40.9 Å². The van der Waals surface area contributed by atoms with Crippen LogP contribution in [0.1, 0.15) is 17.3 Å². The Kier molecular flexibility index (Phi) is 5.02. The minimum atomic E-state index is -1.58. The van der Waals surface area contributed by atoms with E-state index in [4.69, 9.17) is 4.74 Å². The molecule has 0 spiro atoms. The van der Waals surface area contributed by atoms with Gasteiger partial charge in [-0.15, -0.1) is 0 Å². The fourth-order valence-corrected chi connectivity index (χ4v) is 2.12. The van der Waals surface area contributed by atoms with Gasteiger partial charge in [0.05, 0.1) is 13.2 Å². The molecule has 5 nitrogen and oxygen atoms in total. The molecule has 8 heteroatoms. The second-order valence-corrected chi connectivity index (χ2v) is 4.85. The number of benzene rings is 1. The summed E-state index contributed by atoms with van der Waals surface area (Å²) in [6.45, 7) is 2.92. The summed E-state index contributed by atoms with van der Waals surface area (Å²) in [6.07, 6.45) is 0. The summed E-state index contributed by atoms with van der Waals surface area (Å²) < 4.78 is 45.2. The monoisotopic (exact) mass is 316 g/mol. The lowest BCUT2D eigenvalue weighted by Crippen LogP contribution is -2.50. The van der Waals surface area contributed by atoms with Crippen molar-refractivity contribution < 1.29 is 27.5 Å². The van der Waals surface area contributed by atoms with Gasteiger partial charge in [-0.1, -0.05) is 0 Å². The highest BCUT2D eigenvalue weighted by Gasteiger charge is 2.27. The Balaban J connectivity index is 2.08. The third-order valence-electron chi connectivity index (χ3n) is 3.31. The first kappa shape index (κ1) is 16.3. The normalized spacial score (nSPS) is 16.3. The molecule has 2 amide bonds. The van der Waals surface area contributed by atoms with Gasteiger partial charge in [-0.3, -0.25) is 9.59 Å². The topological polar surface area (TPSA) is 58.6 Å².